The zero-order valence-electron chi connectivity index (χ0n) is 13.1. The van der Waals surface area contributed by atoms with E-state index in [-0.39, 0.29) is 17.7 Å². The number of carbonyl (C=O) groups excluding carboxylic acids is 1. The summed E-state index contributed by atoms with van der Waals surface area (Å²) in [4.78, 5) is 14.7. The Hall–Kier alpha value is -2.43. The average Bonchev–Trinajstić information content (AvgIpc) is 2.62. The molecule has 1 aromatic carbocycles. The molecule has 1 fully saturated rings. The number of phenolic OH excluding ortho intramolecular Hbond substituents is 1. The van der Waals surface area contributed by atoms with E-state index in [1.807, 2.05) is 17.0 Å². The number of hydrogen-bond donors (Lipinski definition) is 1. The molecule has 0 bridgehead atoms. The summed E-state index contributed by atoms with van der Waals surface area (Å²) >= 11 is 0. The lowest BCUT2D eigenvalue weighted by Crippen LogP contribution is -2.44. The molecular weight excluding hydrogens is 290 g/mol. The van der Waals surface area contributed by atoms with Crippen LogP contribution in [-0.4, -0.2) is 38.7 Å². The first kappa shape index (κ1) is 15.5. The Morgan fingerprint density at radius 1 is 1.17 bits per heavy atom. The molecule has 0 aliphatic carbocycles. The normalized spacial score (nSPS) is 17.9. The topological polar surface area (TPSA) is 66.3 Å². The molecule has 1 atom stereocenters. The Morgan fingerprint density at radius 2 is 2.00 bits per heavy atom. The summed E-state index contributed by atoms with van der Waals surface area (Å²) in [5.41, 5.74) is 1.79. The van der Waals surface area contributed by atoms with Crippen molar-refractivity contribution in [3.63, 3.8) is 0 Å². The van der Waals surface area contributed by atoms with E-state index in [9.17, 15) is 9.90 Å². The first-order valence-electron chi connectivity index (χ1n) is 8.09. The second-order valence-electron chi connectivity index (χ2n) is 5.98. The predicted octanol–water partition coefficient (Wildman–Crippen LogP) is 2.81. The fraction of sp³-hybridized carbons (Fsp3) is 0.389. The number of amides is 1. The smallest absolute Gasteiger partial charge is 0.255 e. The molecule has 5 nitrogen and oxygen atoms in total. The van der Waals surface area contributed by atoms with Crippen molar-refractivity contribution in [1.82, 2.24) is 15.1 Å². The average molecular weight is 311 g/mol. The van der Waals surface area contributed by atoms with Gasteiger partial charge >= 0.3 is 0 Å². The van der Waals surface area contributed by atoms with Gasteiger partial charge in [0.15, 0.2) is 0 Å². The molecule has 0 unspecified atom stereocenters. The maximum absolute atomic E-state index is 12.7. The molecule has 3 rings (SSSR count). The molecular formula is C18H21N3O2. The van der Waals surface area contributed by atoms with Crippen molar-refractivity contribution in [2.45, 2.75) is 38.1 Å². The number of nitrogens with zero attached hydrogens (tertiary/aromatic N) is 3. The van der Waals surface area contributed by atoms with Crippen LogP contribution < -0.4 is 0 Å². The lowest BCUT2D eigenvalue weighted by Gasteiger charge is -2.36. The first-order valence-corrected chi connectivity index (χ1v) is 8.09. The lowest BCUT2D eigenvalue weighted by atomic mass is 9.95. The molecule has 5 heteroatoms. The van der Waals surface area contributed by atoms with E-state index in [1.54, 1.807) is 24.4 Å². The van der Waals surface area contributed by atoms with E-state index < -0.39 is 0 Å². The van der Waals surface area contributed by atoms with Gasteiger partial charge in [-0.05, 0) is 55.9 Å². The maximum Gasteiger partial charge on any atom is 0.255 e. The van der Waals surface area contributed by atoms with Gasteiger partial charge in [-0.3, -0.25) is 4.79 Å². The van der Waals surface area contributed by atoms with Crippen molar-refractivity contribution < 1.29 is 9.90 Å². The number of likely N-dealkylation sites (tertiary alicyclic amines) is 1. The molecule has 2 aromatic rings. The molecule has 1 aliphatic rings. The fourth-order valence-electron chi connectivity index (χ4n) is 3.15. The fourth-order valence-corrected chi connectivity index (χ4v) is 3.15. The summed E-state index contributed by atoms with van der Waals surface area (Å²) in [6.45, 7) is 0.807. The zero-order chi connectivity index (χ0) is 16.1. The Labute approximate surface area is 136 Å². The number of aromatic hydroxyl groups is 1. The van der Waals surface area contributed by atoms with E-state index in [0.717, 1.165) is 32.2 Å². The standard InChI is InChI=1S/C18H21N3O2/c22-17-8-5-14(6-9-17)4-7-16-3-1-2-12-21(16)18(23)15-10-11-19-20-13-15/h5-6,8-11,13,16,22H,1-4,7,12H2/t16-/m1/s1. The van der Waals surface area contributed by atoms with Gasteiger partial charge in [-0.1, -0.05) is 12.1 Å². The van der Waals surface area contributed by atoms with Crippen LogP contribution in [0, 0.1) is 0 Å². The van der Waals surface area contributed by atoms with E-state index in [2.05, 4.69) is 10.2 Å². The van der Waals surface area contributed by atoms with Crippen molar-refractivity contribution in [2.24, 2.45) is 0 Å². The number of phenols is 1. The maximum atomic E-state index is 12.7. The van der Waals surface area contributed by atoms with Crippen LogP contribution in [0.4, 0.5) is 0 Å². The number of aromatic nitrogens is 2. The number of carbonyl (C=O) groups is 1. The molecule has 2 heterocycles. The Balaban J connectivity index is 1.66. The highest BCUT2D eigenvalue weighted by molar-refractivity contribution is 5.94. The van der Waals surface area contributed by atoms with Crippen LogP contribution in [0.2, 0.25) is 0 Å². The van der Waals surface area contributed by atoms with Crippen molar-refractivity contribution in [3.8, 4) is 5.75 Å². The molecule has 23 heavy (non-hydrogen) atoms. The summed E-state index contributed by atoms with van der Waals surface area (Å²) in [5.74, 6) is 0.337. The van der Waals surface area contributed by atoms with Gasteiger partial charge in [0.25, 0.3) is 5.91 Å². The van der Waals surface area contributed by atoms with Crippen LogP contribution in [0.15, 0.2) is 42.7 Å². The number of piperidine rings is 1. The van der Waals surface area contributed by atoms with Crippen LogP contribution in [0.1, 0.15) is 41.6 Å². The van der Waals surface area contributed by atoms with Gasteiger partial charge in [0, 0.05) is 12.6 Å². The van der Waals surface area contributed by atoms with Crippen LogP contribution >= 0.6 is 0 Å². The van der Waals surface area contributed by atoms with Crippen molar-refractivity contribution in [2.75, 3.05) is 6.54 Å². The van der Waals surface area contributed by atoms with Gasteiger partial charge in [-0.25, -0.2) is 0 Å². The summed E-state index contributed by atoms with van der Waals surface area (Å²) in [6, 6.07) is 9.29. The summed E-state index contributed by atoms with van der Waals surface area (Å²) < 4.78 is 0. The van der Waals surface area contributed by atoms with Gasteiger partial charge < -0.3 is 10.0 Å². The highest BCUT2D eigenvalue weighted by atomic mass is 16.3. The van der Waals surface area contributed by atoms with E-state index in [4.69, 9.17) is 0 Å². The van der Waals surface area contributed by atoms with Gasteiger partial charge in [0.2, 0.25) is 0 Å². The molecule has 0 spiro atoms. The molecule has 0 radical (unpaired) electrons. The van der Waals surface area contributed by atoms with Crippen LogP contribution in [0.3, 0.4) is 0 Å². The lowest BCUT2D eigenvalue weighted by molar-refractivity contribution is 0.0601. The number of hydrogen-bond acceptors (Lipinski definition) is 4. The van der Waals surface area contributed by atoms with Gasteiger partial charge in [-0.2, -0.15) is 10.2 Å². The third kappa shape index (κ3) is 3.86. The summed E-state index contributed by atoms with van der Waals surface area (Å²) in [5, 5.41) is 16.9. The zero-order valence-corrected chi connectivity index (χ0v) is 13.1. The molecule has 1 aromatic heterocycles. The molecule has 0 saturated carbocycles. The minimum atomic E-state index is 0.0512. The second-order valence-corrected chi connectivity index (χ2v) is 5.98. The Kier molecular flexibility index (Phi) is 4.86. The largest absolute Gasteiger partial charge is 0.508 e. The van der Waals surface area contributed by atoms with E-state index in [1.165, 1.54) is 18.2 Å². The highest BCUT2D eigenvalue weighted by Gasteiger charge is 2.27. The SMILES string of the molecule is O=C(c1ccnnc1)N1CCCC[C@@H]1CCc1ccc(O)cc1. The molecule has 1 saturated heterocycles. The van der Waals surface area contributed by atoms with Crippen molar-refractivity contribution in [1.29, 1.82) is 0 Å². The Bertz CT molecular complexity index is 643. The predicted molar refractivity (Wildman–Crippen MR) is 87.1 cm³/mol. The van der Waals surface area contributed by atoms with E-state index in [0.29, 0.717) is 5.56 Å². The molecule has 120 valence electrons. The van der Waals surface area contributed by atoms with E-state index >= 15 is 0 Å². The molecule has 1 N–H and O–H groups in total. The number of aryl methyl sites for hydroxylation is 1. The van der Waals surface area contributed by atoms with Gasteiger partial charge in [0.1, 0.15) is 5.75 Å². The van der Waals surface area contributed by atoms with Crippen LogP contribution in [-0.2, 0) is 6.42 Å². The molecule has 1 aliphatic heterocycles. The van der Waals surface area contributed by atoms with Gasteiger partial charge in [0.05, 0.1) is 18.0 Å². The summed E-state index contributed by atoms with van der Waals surface area (Å²) in [6.07, 6.45) is 8.20. The van der Waals surface area contributed by atoms with Crippen molar-refractivity contribution >= 4 is 5.91 Å². The second kappa shape index (κ2) is 7.22. The first-order chi connectivity index (χ1) is 11.2. The van der Waals surface area contributed by atoms with Gasteiger partial charge in [-0.15, -0.1) is 0 Å². The number of rotatable bonds is 4. The highest BCUT2D eigenvalue weighted by Crippen LogP contribution is 2.23. The monoisotopic (exact) mass is 311 g/mol. The quantitative estimate of drug-likeness (QED) is 0.943. The third-order valence-corrected chi connectivity index (χ3v) is 4.42. The Morgan fingerprint density at radius 3 is 2.74 bits per heavy atom. The van der Waals surface area contributed by atoms with Crippen LogP contribution in [0.5, 0.6) is 5.75 Å². The minimum Gasteiger partial charge on any atom is -0.508 e. The minimum absolute atomic E-state index is 0.0512. The third-order valence-electron chi connectivity index (χ3n) is 4.42. The molecule has 1 amide bonds. The number of benzene rings is 1. The van der Waals surface area contributed by atoms with Crippen molar-refractivity contribution in [3.05, 3.63) is 53.9 Å². The summed E-state index contributed by atoms with van der Waals surface area (Å²) in [7, 11) is 0. The van der Waals surface area contributed by atoms with Crippen LogP contribution in [0.25, 0.3) is 0 Å².